The molecular formula is C21H24N2O5. The molecule has 0 aliphatic heterocycles. The third kappa shape index (κ3) is 6.85. The van der Waals surface area contributed by atoms with Gasteiger partial charge in [-0.15, -0.1) is 0 Å². The molecule has 0 saturated carbocycles. The Bertz CT molecular complexity index is 831. The largest absolute Gasteiger partial charge is 0.426 e. The van der Waals surface area contributed by atoms with Crippen molar-refractivity contribution in [1.82, 2.24) is 4.90 Å². The highest BCUT2D eigenvalue weighted by molar-refractivity contribution is 5.95. The van der Waals surface area contributed by atoms with Crippen LogP contribution in [0.3, 0.4) is 0 Å². The van der Waals surface area contributed by atoms with E-state index in [-0.39, 0.29) is 23.6 Å². The Hall–Kier alpha value is -3.19. The number of esters is 2. The molecule has 0 heterocycles. The van der Waals surface area contributed by atoms with Gasteiger partial charge in [-0.25, -0.2) is 4.79 Å². The highest BCUT2D eigenvalue weighted by Gasteiger charge is 2.17. The Balaban J connectivity index is 2.01. The fourth-order valence-electron chi connectivity index (χ4n) is 2.41. The summed E-state index contributed by atoms with van der Waals surface area (Å²) in [5, 5.41) is 2.63. The van der Waals surface area contributed by atoms with E-state index in [2.05, 4.69) is 5.32 Å². The van der Waals surface area contributed by atoms with E-state index in [0.717, 1.165) is 6.54 Å². The summed E-state index contributed by atoms with van der Waals surface area (Å²) in [6.07, 6.45) is 0.922. The number of hydrogen-bond acceptors (Lipinski definition) is 6. The molecule has 1 N–H and O–H groups in total. The van der Waals surface area contributed by atoms with Gasteiger partial charge in [-0.05, 0) is 63.5 Å². The molecule has 0 spiro atoms. The highest BCUT2D eigenvalue weighted by atomic mass is 16.5. The normalized spacial score (nSPS) is 10.4. The second-order valence-electron chi connectivity index (χ2n) is 6.47. The molecule has 2 aromatic carbocycles. The quantitative estimate of drug-likeness (QED) is 0.556. The van der Waals surface area contributed by atoms with E-state index >= 15 is 0 Å². The standard InChI is InChI=1S/C21H24N2O5/c1-15(24)22-16-10-12-17(13-11-16)27-21(26)18-7-4-5-8-19(18)28-20(25)9-6-14-23(2)3/h4-5,7-8,10-13H,6,9,14H2,1-3H3,(H,22,24). The van der Waals surface area contributed by atoms with Crippen LogP contribution >= 0.6 is 0 Å². The van der Waals surface area contributed by atoms with Gasteiger partial charge in [0.25, 0.3) is 0 Å². The first-order chi connectivity index (χ1) is 13.3. The Morgan fingerprint density at radius 3 is 2.29 bits per heavy atom. The lowest BCUT2D eigenvalue weighted by Gasteiger charge is -2.11. The first-order valence-electron chi connectivity index (χ1n) is 8.89. The van der Waals surface area contributed by atoms with Gasteiger partial charge < -0.3 is 19.7 Å². The minimum atomic E-state index is -0.635. The molecule has 148 valence electrons. The Morgan fingerprint density at radius 2 is 1.64 bits per heavy atom. The molecule has 0 atom stereocenters. The van der Waals surface area contributed by atoms with Crippen LogP contribution < -0.4 is 14.8 Å². The molecule has 0 fully saturated rings. The number of carbonyl (C=O) groups excluding carboxylic acids is 3. The average molecular weight is 384 g/mol. The zero-order valence-electron chi connectivity index (χ0n) is 16.2. The molecule has 2 rings (SSSR count). The van der Waals surface area contributed by atoms with E-state index in [0.29, 0.717) is 17.9 Å². The molecule has 7 heteroatoms. The molecule has 1 amide bonds. The van der Waals surface area contributed by atoms with Gasteiger partial charge in [-0.3, -0.25) is 9.59 Å². The van der Waals surface area contributed by atoms with Gasteiger partial charge in [-0.2, -0.15) is 0 Å². The van der Waals surface area contributed by atoms with E-state index < -0.39 is 11.9 Å². The van der Waals surface area contributed by atoms with Crippen molar-refractivity contribution in [2.24, 2.45) is 0 Å². The van der Waals surface area contributed by atoms with Gasteiger partial charge >= 0.3 is 11.9 Å². The summed E-state index contributed by atoms with van der Waals surface area (Å²) in [4.78, 5) is 37.5. The third-order valence-corrected chi connectivity index (χ3v) is 3.70. The number of hydrogen-bond donors (Lipinski definition) is 1. The molecule has 0 radical (unpaired) electrons. The van der Waals surface area contributed by atoms with Gasteiger partial charge in [0.15, 0.2) is 0 Å². The highest BCUT2D eigenvalue weighted by Crippen LogP contribution is 2.22. The predicted octanol–water partition coefficient (Wildman–Crippen LogP) is 3.11. The second-order valence-corrected chi connectivity index (χ2v) is 6.47. The minimum Gasteiger partial charge on any atom is -0.426 e. The third-order valence-electron chi connectivity index (χ3n) is 3.70. The first kappa shape index (κ1) is 21.1. The molecule has 0 bridgehead atoms. The lowest BCUT2D eigenvalue weighted by atomic mass is 10.2. The molecule has 2 aromatic rings. The van der Waals surface area contributed by atoms with Gasteiger partial charge in [-0.1, -0.05) is 12.1 Å². The second kappa shape index (κ2) is 10.2. The van der Waals surface area contributed by atoms with E-state index in [1.165, 1.54) is 13.0 Å². The Morgan fingerprint density at radius 1 is 0.964 bits per heavy atom. The monoisotopic (exact) mass is 384 g/mol. The van der Waals surface area contributed by atoms with Gasteiger partial charge in [0.1, 0.15) is 17.1 Å². The van der Waals surface area contributed by atoms with Crippen LogP contribution in [0.4, 0.5) is 5.69 Å². The van der Waals surface area contributed by atoms with Crippen LogP contribution in [0.15, 0.2) is 48.5 Å². The number of nitrogens with zero attached hydrogens (tertiary/aromatic N) is 1. The zero-order valence-corrected chi connectivity index (χ0v) is 16.2. The summed E-state index contributed by atoms with van der Waals surface area (Å²) < 4.78 is 10.7. The van der Waals surface area contributed by atoms with Gasteiger partial charge in [0, 0.05) is 19.0 Å². The fourth-order valence-corrected chi connectivity index (χ4v) is 2.41. The van der Waals surface area contributed by atoms with Crippen molar-refractivity contribution in [1.29, 1.82) is 0 Å². The summed E-state index contributed by atoms with van der Waals surface area (Å²) in [5.74, 6) is -0.750. The summed E-state index contributed by atoms with van der Waals surface area (Å²) in [6, 6.07) is 12.8. The topological polar surface area (TPSA) is 84.9 Å². The first-order valence-corrected chi connectivity index (χ1v) is 8.89. The van der Waals surface area contributed by atoms with Crippen molar-refractivity contribution < 1.29 is 23.9 Å². The minimum absolute atomic E-state index is 0.161. The number of ether oxygens (including phenoxy) is 2. The molecule has 0 saturated heterocycles. The molecule has 0 aliphatic carbocycles. The zero-order chi connectivity index (χ0) is 20.5. The van der Waals surface area contributed by atoms with Gasteiger partial charge in [0.05, 0.1) is 0 Å². The number of nitrogens with one attached hydrogen (secondary N) is 1. The number of rotatable bonds is 8. The van der Waals surface area contributed by atoms with Crippen molar-refractivity contribution in [3.05, 3.63) is 54.1 Å². The number of anilines is 1. The van der Waals surface area contributed by atoms with Crippen LogP contribution in [0.5, 0.6) is 11.5 Å². The van der Waals surface area contributed by atoms with E-state index in [4.69, 9.17) is 9.47 Å². The number of para-hydroxylation sites is 1. The number of benzene rings is 2. The van der Waals surface area contributed by atoms with Crippen LogP contribution in [0.2, 0.25) is 0 Å². The van der Waals surface area contributed by atoms with Crippen molar-refractivity contribution in [3.8, 4) is 11.5 Å². The van der Waals surface area contributed by atoms with Crippen molar-refractivity contribution in [2.75, 3.05) is 26.0 Å². The molecule has 0 unspecified atom stereocenters. The van der Waals surface area contributed by atoms with Gasteiger partial charge in [0.2, 0.25) is 5.91 Å². The van der Waals surface area contributed by atoms with Crippen LogP contribution in [0.25, 0.3) is 0 Å². The van der Waals surface area contributed by atoms with Crippen LogP contribution in [0, 0.1) is 0 Å². The number of carbonyl (C=O) groups is 3. The summed E-state index contributed by atoms with van der Waals surface area (Å²) in [7, 11) is 3.86. The molecule has 0 aliphatic rings. The smallest absolute Gasteiger partial charge is 0.347 e. The summed E-state index contributed by atoms with van der Waals surface area (Å²) >= 11 is 0. The van der Waals surface area contributed by atoms with E-state index in [1.54, 1.807) is 42.5 Å². The predicted molar refractivity (Wildman–Crippen MR) is 106 cm³/mol. The van der Waals surface area contributed by atoms with Crippen molar-refractivity contribution >= 4 is 23.5 Å². The van der Waals surface area contributed by atoms with Crippen LogP contribution in [0.1, 0.15) is 30.1 Å². The fraction of sp³-hybridized carbons (Fsp3) is 0.286. The maximum Gasteiger partial charge on any atom is 0.347 e. The van der Waals surface area contributed by atoms with Crippen LogP contribution in [-0.4, -0.2) is 43.4 Å². The average Bonchev–Trinajstić information content (AvgIpc) is 2.63. The molecule has 0 aromatic heterocycles. The summed E-state index contributed by atoms with van der Waals surface area (Å²) in [5.41, 5.74) is 0.758. The van der Waals surface area contributed by atoms with Crippen molar-refractivity contribution in [2.45, 2.75) is 19.8 Å². The van der Waals surface area contributed by atoms with Crippen molar-refractivity contribution in [3.63, 3.8) is 0 Å². The summed E-state index contributed by atoms with van der Waals surface area (Å²) in [6.45, 7) is 2.18. The molecule has 7 nitrogen and oxygen atoms in total. The Labute approximate surface area is 164 Å². The van der Waals surface area contributed by atoms with Crippen LogP contribution in [-0.2, 0) is 9.59 Å². The maximum absolute atomic E-state index is 12.5. The number of amides is 1. The lowest BCUT2D eigenvalue weighted by molar-refractivity contribution is -0.134. The van der Waals surface area contributed by atoms with E-state index in [9.17, 15) is 14.4 Å². The maximum atomic E-state index is 12.5. The van der Waals surface area contributed by atoms with E-state index in [1.807, 2.05) is 19.0 Å². The SMILES string of the molecule is CC(=O)Nc1ccc(OC(=O)c2ccccc2OC(=O)CCCN(C)C)cc1. The lowest BCUT2D eigenvalue weighted by Crippen LogP contribution is -2.17. The molecular weight excluding hydrogens is 360 g/mol. The Kier molecular flexibility index (Phi) is 7.71. The molecule has 28 heavy (non-hydrogen) atoms.